The number of nitrogens with zero attached hydrogens (tertiary/aromatic N) is 2. The Kier molecular flexibility index (Phi) is 5.08. The minimum atomic E-state index is -5.08. The van der Waals surface area contributed by atoms with Crippen molar-refractivity contribution < 1.29 is 27.9 Å². The van der Waals surface area contributed by atoms with E-state index in [4.69, 9.17) is 5.11 Å². The monoisotopic (exact) mass is 311 g/mol. The summed E-state index contributed by atoms with van der Waals surface area (Å²) in [6.45, 7) is 6.11. The number of alkyl halides is 3. The number of rotatable bonds is 3. The molecule has 9 heteroatoms. The summed E-state index contributed by atoms with van der Waals surface area (Å²) in [5, 5.41) is 10.4. The molecule has 0 aromatic heterocycles. The fourth-order valence-electron chi connectivity index (χ4n) is 2.19. The topological polar surface area (TPSA) is 72.9 Å². The summed E-state index contributed by atoms with van der Waals surface area (Å²) in [6.07, 6.45) is -5.08. The van der Waals surface area contributed by atoms with E-state index in [2.05, 4.69) is 4.90 Å². The number of hydrogen-bond donors (Lipinski definition) is 2. The molecule has 2 N–H and O–H groups in total. The van der Waals surface area contributed by atoms with Crippen LogP contribution in [0.4, 0.5) is 18.0 Å². The van der Waals surface area contributed by atoms with Crippen LogP contribution in [0.1, 0.15) is 20.8 Å². The van der Waals surface area contributed by atoms with Crippen molar-refractivity contribution in [1.29, 1.82) is 0 Å². The van der Waals surface area contributed by atoms with Crippen LogP contribution < -0.4 is 5.32 Å². The summed E-state index contributed by atoms with van der Waals surface area (Å²) < 4.78 is 38.6. The maximum Gasteiger partial charge on any atom is 0.422 e. The molecule has 0 aromatic rings. The Bertz CT molecular complexity index is 416. The highest BCUT2D eigenvalue weighted by Gasteiger charge is 2.59. The third kappa shape index (κ3) is 3.58. The zero-order valence-corrected chi connectivity index (χ0v) is 12.2. The Labute approximate surface area is 120 Å². The average molecular weight is 311 g/mol. The SMILES string of the molecule is CCN1CCN(C(=O)NC(C)(C(=O)O)C(F)(F)F)CC1C. The Morgan fingerprint density at radius 1 is 1.33 bits per heavy atom. The van der Waals surface area contributed by atoms with Crippen LogP contribution in [0.5, 0.6) is 0 Å². The number of carboxylic acid groups (broad SMARTS) is 1. The fourth-order valence-corrected chi connectivity index (χ4v) is 2.19. The highest BCUT2D eigenvalue weighted by atomic mass is 19.4. The van der Waals surface area contributed by atoms with Gasteiger partial charge in [0.25, 0.3) is 0 Å². The first-order valence-electron chi connectivity index (χ1n) is 6.64. The molecule has 0 bridgehead atoms. The minimum absolute atomic E-state index is 0.0106. The summed E-state index contributed by atoms with van der Waals surface area (Å²) in [6, 6.07) is -1.00. The smallest absolute Gasteiger partial charge is 0.422 e. The van der Waals surface area contributed by atoms with E-state index in [0.29, 0.717) is 13.5 Å². The van der Waals surface area contributed by atoms with Crippen molar-refractivity contribution >= 4 is 12.0 Å². The van der Waals surface area contributed by atoms with Crippen molar-refractivity contribution in [3.63, 3.8) is 0 Å². The van der Waals surface area contributed by atoms with Crippen LogP contribution in [0.15, 0.2) is 0 Å². The second-order valence-corrected chi connectivity index (χ2v) is 5.28. The molecule has 1 rings (SSSR count). The van der Waals surface area contributed by atoms with Crippen LogP contribution in [0.25, 0.3) is 0 Å². The zero-order valence-electron chi connectivity index (χ0n) is 12.2. The minimum Gasteiger partial charge on any atom is -0.479 e. The van der Waals surface area contributed by atoms with Crippen molar-refractivity contribution in [1.82, 2.24) is 15.1 Å². The lowest BCUT2D eigenvalue weighted by Gasteiger charge is -2.40. The van der Waals surface area contributed by atoms with Crippen LogP contribution in [0.3, 0.4) is 0 Å². The van der Waals surface area contributed by atoms with Gasteiger partial charge >= 0.3 is 18.2 Å². The Hall–Kier alpha value is -1.51. The van der Waals surface area contributed by atoms with Crippen LogP contribution in [0, 0.1) is 0 Å². The van der Waals surface area contributed by atoms with Gasteiger partial charge < -0.3 is 15.3 Å². The third-order valence-electron chi connectivity index (χ3n) is 3.81. The summed E-state index contributed by atoms with van der Waals surface area (Å²) in [5.74, 6) is -2.14. The highest BCUT2D eigenvalue weighted by molar-refractivity contribution is 5.86. The van der Waals surface area contributed by atoms with Crippen molar-refractivity contribution in [2.45, 2.75) is 38.5 Å². The summed E-state index contributed by atoms with van der Waals surface area (Å²) in [5.41, 5.74) is -3.30. The largest absolute Gasteiger partial charge is 0.479 e. The maximum absolute atomic E-state index is 12.9. The number of piperazine rings is 1. The van der Waals surface area contributed by atoms with Gasteiger partial charge in [-0.1, -0.05) is 6.92 Å². The standard InChI is InChI=1S/C12H20F3N3O3/c1-4-17-5-6-18(7-8(17)2)10(21)16-11(3,9(19)20)12(13,14)15/h8H,4-7H2,1-3H3,(H,16,21)(H,19,20). The van der Waals surface area contributed by atoms with Crippen LogP contribution in [-0.2, 0) is 4.79 Å². The van der Waals surface area contributed by atoms with E-state index in [1.54, 1.807) is 5.32 Å². The van der Waals surface area contributed by atoms with E-state index >= 15 is 0 Å². The van der Waals surface area contributed by atoms with E-state index in [1.165, 1.54) is 4.90 Å². The molecule has 0 aliphatic carbocycles. The number of likely N-dealkylation sites (N-methyl/N-ethyl adjacent to an activating group) is 1. The third-order valence-corrected chi connectivity index (χ3v) is 3.81. The number of halogens is 3. The van der Waals surface area contributed by atoms with Crippen molar-refractivity contribution in [3.05, 3.63) is 0 Å². The lowest BCUT2D eigenvalue weighted by atomic mass is 10.0. The fraction of sp³-hybridized carbons (Fsp3) is 0.833. The second-order valence-electron chi connectivity index (χ2n) is 5.28. The molecule has 122 valence electrons. The van der Waals surface area contributed by atoms with Gasteiger partial charge in [0.15, 0.2) is 0 Å². The first-order valence-corrected chi connectivity index (χ1v) is 6.64. The molecule has 1 saturated heterocycles. The summed E-state index contributed by atoms with van der Waals surface area (Å²) in [4.78, 5) is 26.1. The number of carboxylic acids is 1. The molecule has 21 heavy (non-hydrogen) atoms. The lowest BCUT2D eigenvalue weighted by molar-refractivity contribution is -0.203. The molecule has 6 nitrogen and oxygen atoms in total. The first-order chi connectivity index (χ1) is 9.52. The van der Waals surface area contributed by atoms with Gasteiger partial charge in [0.2, 0.25) is 5.54 Å². The number of urea groups is 1. The molecular formula is C12H20F3N3O3. The van der Waals surface area contributed by atoms with E-state index < -0.39 is 23.7 Å². The number of aliphatic carboxylic acids is 1. The average Bonchev–Trinajstić information content (AvgIpc) is 2.36. The van der Waals surface area contributed by atoms with Gasteiger partial charge in [-0.15, -0.1) is 0 Å². The van der Waals surface area contributed by atoms with Crippen molar-refractivity contribution in [3.8, 4) is 0 Å². The molecule has 2 atom stereocenters. The first kappa shape index (κ1) is 17.5. The summed E-state index contributed by atoms with van der Waals surface area (Å²) >= 11 is 0. The van der Waals surface area contributed by atoms with Crippen LogP contribution >= 0.6 is 0 Å². The summed E-state index contributed by atoms with van der Waals surface area (Å²) in [7, 11) is 0. The van der Waals surface area contributed by atoms with Crippen LogP contribution in [-0.4, -0.2) is 70.8 Å². The van der Waals surface area contributed by atoms with E-state index in [1.807, 2.05) is 13.8 Å². The molecule has 1 heterocycles. The molecular weight excluding hydrogens is 291 g/mol. The molecule has 0 saturated carbocycles. The molecule has 1 fully saturated rings. The number of carbonyl (C=O) groups excluding carboxylic acids is 1. The maximum atomic E-state index is 12.9. The Balaban J connectivity index is 2.79. The Morgan fingerprint density at radius 3 is 2.29 bits per heavy atom. The number of amides is 2. The van der Waals surface area contributed by atoms with Gasteiger partial charge in [0.05, 0.1) is 0 Å². The molecule has 2 unspecified atom stereocenters. The lowest BCUT2D eigenvalue weighted by Crippen LogP contribution is -2.66. The predicted molar refractivity (Wildman–Crippen MR) is 68.9 cm³/mol. The number of hydrogen-bond acceptors (Lipinski definition) is 3. The zero-order chi connectivity index (χ0) is 16.4. The Morgan fingerprint density at radius 2 is 1.90 bits per heavy atom. The van der Waals surface area contributed by atoms with Gasteiger partial charge in [-0.25, -0.2) is 9.59 Å². The molecule has 0 aromatic carbocycles. The van der Waals surface area contributed by atoms with Gasteiger partial charge in [-0.2, -0.15) is 13.2 Å². The van der Waals surface area contributed by atoms with E-state index in [-0.39, 0.29) is 19.1 Å². The number of carbonyl (C=O) groups is 2. The van der Waals surface area contributed by atoms with Gasteiger partial charge in [-0.3, -0.25) is 4.90 Å². The highest BCUT2D eigenvalue weighted by Crippen LogP contribution is 2.30. The van der Waals surface area contributed by atoms with Crippen molar-refractivity contribution in [2.24, 2.45) is 0 Å². The van der Waals surface area contributed by atoms with E-state index in [9.17, 15) is 22.8 Å². The van der Waals surface area contributed by atoms with Gasteiger partial charge in [0.1, 0.15) is 0 Å². The molecule has 0 spiro atoms. The normalized spacial score (nSPS) is 23.5. The molecule has 2 amide bonds. The van der Waals surface area contributed by atoms with Crippen molar-refractivity contribution in [2.75, 3.05) is 26.2 Å². The van der Waals surface area contributed by atoms with Gasteiger partial charge in [-0.05, 0) is 20.4 Å². The predicted octanol–water partition coefficient (Wildman–Crippen LogP) is 1.13. The molecule has 0 radical (unpaired) electrons. The molecule has 1 aliphatic heterocycles. The number of nitrogens with one attached hydrogen (secondary N) is 1. The quantitative estimate of drug-likeness (QED) is 0.819. The second kappa shape index (κ2) is 6.08. The molecule has 1 aliphatic rings. The van der Waals surface area contributed by atoms with Crippen LogP contribution in [0.2, 0.25) is 0 Å². The van der Waals surface area contributed by atoms with E-state index in [0.717, 1.165) is 6.54 Å². The van der Waals surface area contributed by atoms with Gasteiger partial charge in [0, 0.05) is 25.7 Å².